The number of nitrogens with zero attached hydrogens (tertiary/aromatic N) is 1. The van der Waals surface area contributed by atoms with Crippen molar-refractivity contribution < 1.29 is 19.4 Å². The number of carboxylic acid groups (broad SMARTS) is 1. The number of anilines is 1. The summed E-state index contributed by atoms with van der Waals surface area (Å²) in [6.45, 7) is 7.00. The maximum Gasteiger partial charge on any atom is 0.323 e. The number of fused-ring (bicyclic) bond motifs is 1. The van der Waals surface area contributed by atoms with Gasteiger partial charge in [-0.15, -0.1) is 0 Å². The van der Waals surface area contributed by atoms with Crippen LogP contribution in [0.3, 0.4) is 0 Å². The van der Waals surface area contributed by atoms with Gasteiger partial charge in [0.1, 0.15) is 12.3 Å². The molecule has 5 heteroatoms. The van der Waals surface area contributed by atoms with Crippen LogP contribution in [0.4, 0.5) is 5.69 Å². The summed E-state index contributed by atoms with van der Waals surface area (Å²) in [4.78, 5) is 24.7. The van der Waals surface area contributed by atoms with Gasteiger partial charge in [-0.25, -0.2) is 0 Å². The number of carbonyl (C=O) groups is 2. The first-order chi connectivity index (χ1) is 9.22. The Morgan fingerprint density at radius 3 is 2.60 bits per heavy atom. The predicted octanol–water partition coefficient (Wildman–Crippen LogP) is 2.40. The van der Waals surface area contributed by atoms with Crippen LogP contribution in [0.1, 0.15) is 39.2 Å². The average Bonchev–Trinajstić information content (AvgIpc) is 2.33. The first-order valence-electron chi connectivity index (χ1n) is 6.59. The number of aliphatic carboxylic acids is 1. The van der Waals surface area contributed by atoms with Crippen LogP contribution in [0.25, 0.3) is 0 Å². The normalized spacial score (nSPS) is 16.9. The van der Waals surface area contributed by atoms with E-state index in [0.717, 1.165) is 5.56 Å². The van der Waals surface area contributed by atoms with E-state index in [1.807, 2.05) is 26.0 Å². The van der Waals surface area contributed by atoms with Gasteiger partial charge in [0.2, 0.25) is 0 Å². The molecule has 0 saturated carbocycles. The molecule has 0 bridgehead atoms. The van der Waals surface area contributed by atoms with Crippen molar-refractivity contribution >= 4 is 17.6 Å². The highest BCUT2D eigenvalue weighted by Gasteiger charge is 2.41. The molecule has 1 N–H and O–H groups in total. The Bertz CT molecular complexity index is 563. The third kappa shape index (κ3) is 2.48. The van der Waals surface area contributed by atoms with E-state index >= 15 is 0 Å². The number of carboxylic acids is 1. The van der Waals surface area contributed by atoms with E-state index in [-0.39, 0.29) is 18.4 Å². The predicted molar refractivity (Wildman–Crippen MR) is 75.2 cm³/mol. The standard InChI is InChI=1S/C15H19NO4/c1-9(2)10-5-6-12-11(7-10)16(8-13(17)18)14(19)15(3,4)20-12/h5-7,9H,8H2,1-4H3,(H,17,18). The highest BCUT2D eigenvalue weighted by atomic mass is 16.5. The van der Waals surface area contributed by atoms with Crippen LogP contribution in [-0.2, 0) is 9.59 Å². The minimum atomic E-state index is -1.05. The van der Waals surface area contributed by atoms with Crippen molar-refractivity contribution in [1.29, 1.82) is 0 Å². The Morgan fingerprint density at radius 2 is 2.05 bits per heavy atom. The third-order valence-corrected chi connectivity index (χ3v) is 3.36. The van der Waals surface area contributed by atoms with Crippen molar-refractivity contribution in [2.75, 3.05) is 11.4 Å². The average molecular weight is 277 g/mol. The van der Waals surface area contributed by atoms with Gasteiger partial charge in [-0.3, -0.25) is 14.5 Å². The fraction of sp³-hybridized carbons (Fsp3) is 0.467. The zero-order chi connectivity index (χ0) is 15.1. The van der Waals surface area contributed by atoms with Gasteiger partial charge in [0.15, 0.2) is 5.60 Å². The third-order valence-electron chi connectivity index (χ3n) is 3.36. The summed E-state index contributed by atoms with van der Waals surface area (Å²) < 4.78 is 5.69. The lowest BCUT2D eigenvalue weighted by Gasteiger charge is -2.38. The Morgan fingerprint density at radius 1 is 1.40 bits per heavy atom. The highest BCUT2D eigenvalue weighted by Crippen LogP contribution is 2.39. The molecule has 0 saturated heterocycles. The molecule has 108 valence electrons. The van der Waals surface area contributed by atoms with Gasteiger partial charge in [0, 0.05) is 0 Å². The first-order valence-corrected chi connectivity index (χ1v) is 6.59. The van der Waals surface area contributed by atoms with Crippen LogP contribution in [0.5, 0.6) is 5.75 Å². The summed E-state index contributed by atoms with van der Waals surface area (Å²) in [6.07, 6.45) is 0. The molecule has 5 nitrogen and oxygen atoms in total. The second-order valence-electron chi connectivity index (χ2n) is 5.78. The smallest absolute Gasteiger partial charge is 0.323 e. The Hall–Kier alpha value is -2.04. The molecule has 1 amide bonds. The Balaban J connectivity index is 2.53. The zero-order valence-electron chi connectivity index (χ0n) is 12.1. The molecule has 0 aliphatic carbocycles. The van der Waals surface area contributed by atoms with Gasteiger partial charge in [-0.05, 0) is 37.5 Å². The van der Waals surface area contributed by atoms with E-state index < -0.39 is 11.6 Å². The molecule has 0 radical (unpaired) electrons. The van der Waals surface area contributed by atoms with Gasteiger partial charge in [-0.1, -0.05) is 19.9 Å². The van der Waals surface area contributed by atoms with E-state index in [4.69, 9.17) is 9.84 Å². The molecule has 1 aromatic rings. The number of amides is 1. The second kappa shape index (κ2) is 4.81. The molecule has 1 aliphatic rings. The lowest BCUT2D eigenvalue weighted by molar-refractivity contribution is -0.139. The van der Waals surface area contributed by atoms with E-state index in [9.17, 15) is 9.59 Å². The molecule has 0 spiro atoms. The van der Waals surface area contributed by atoms with Crippen molar-refractivity contribution in [2.24, 2.45) is 0 Å². The molecule has 2 rings (SSSR count). The summed E-state index contributed by atoms with van der Waals surface area (Å²) in [7, 11) is 0. The molecule has 0 fully saturated rings. The number of carbonyl (C=O) groups excluding carboxylic acids is 1. The lowest BCUT2D eigenvalue weighted by Crippen LogP contribution is -2.53. The maximum atomic E-state index is 12.4. The largest absolute Gasteiger partial charge is 0.480 e. The summed E-state index contributed by atoms with van der Waals surface area (Å²) in [5.41, 5.74) is 0.514. The van der Waals surface area contributed by atoms with Crippen LogP contribution >= 0.6 is 0 Å². The number of rotatable bonds is 3. The number of hydrogen-bond donors (Lipinski definition) is 1. The van der Waals surface area contributed by atoms with Gasteiger partial charge >= 0.3 is 5.97 Å². The van der Waals surface area contributed by atoms with Gasteiger partial charge < -0.3 is 9.84 Å². The molecule has 1 aromatic carbocycles. The number of benzene rings is 1. The minimum absolute atomic E-state index is 0.289. The topological polar surface area (TPSA) is 66.8 Å². The van der Waals surface area contributed by atoms with E-state index in [2.05, 4.69) is 0 Å². The molecule has 20 heavy (non-hydrogen) atoms. The van der Waals surface area contributed by atoms with Crippen LogP contribution < -0.4 is 9.64 Å². The number of ether oxygens (including phenoxy) is 1. The first kappa shape index (κ1) is 14.4. The fourth-order valence-corrected chi connectivity index (χ4v) is 2.24. The minimum Gasteiger partial charge on any atom is -0.480 e. The number of hydrogen-bond acceptors (Lipinski definition) is 3. The van der Waals surface area contributed by atoms with Gasteiger partial charge in [0.25, 0.3) is 5.91 Å². The Labute approximate surface area is 118 Å². The molecular formula is C15H19NO4. The lowest BCUT2D eigenvalue weighted by atomic mass is 9.99. The van der Waals surface area contributed by atoms with Crippen molar-refractivity contribution in [3.63, 3.8) is 0 Å². The van der Waals surface area contributed by atoms with Crippen molar-refractivity contribution in [3.8, 4) is 5.75 Å². The van der Waals surface area contributed by atoms with Crippen molar-refractivity contribution in [1.82, 2.24) is 0 Å². The van der Waals surface area contributed by atoms with Crippen molar-refractivity contribution in [2.45, 2.75) is 39.2 Å². The molecular weight excluding hydrogens is 258 g/mol. The summed E-state index contributed by atoms with van der Waals surface area (Å²) >= 11 is 0. The SMILES string of the molecule is CC(C)c1ccc2c(c1)N(CC(=O)O)C(=O)C(C)(C)O2. The maximum absolute atomic E-state index is 12.4. The van der Waals surface area contributed by atoms with Crippen LogP contribution in [0.15, 0.2) is 18.2 Å². The fourth-order valence-electron chi connectivity index (χ4n) is 2.24. The summed E-state index contributed by atoms with van der Waals surface area (Å²) in [6, 6.07) is 5.57. The summed E-state index contributed by atoms with van der Waals surface area (Å²) in [5.74, 6) is -0.553. The molecule has 1 aliphatic heterocycles. The van der Waals surface area contributed by atoms with Gasteiger partial charge in [0.05, 0.1) is 5.69 Å². The van der Waals surface area contributed by atoms with Crippen LogP contribution in [0.2, 0.25) is 0 Å². The van der Waals surface area contributed by atoms with Crippen LogP contribution in [-0.4, -0.2) is 29.1 Å². The van der Waals surface area contributed by atoms with Crippen molar-refractivity contribution in [3.05, 3.63) is 23.8 Å². The molecule has 0 aromatic heterocycles. The second-order valence-corrected chi connectivity index (χ2v) is 5.78. The van der Waals surface area contributed by atoms with E-state index in [1.165, 1.54) is 4.90 Å². The molecule has 0 atom stereocenters. The van der Waals surface area contributed by atoms with Crippen LogP contribution in [0, 0.1) is 0 Å². The van der Waals surface area contributed by atoms with E-state index in [1.54, 1.807) is 19.9 Å². The zero-order valence-corrected chi connectivity index (χ0v) is 12.1. The highest BCUT2D eigenvalue weighted by molar-refractivity contribution is 6.05. The monoisotopic (exact) mass is 277 g/mol. The van der Waals surface area contributed by atoms with E-state index in [0.29, 0.717) is 11.4 Å². The molecule has 1 heterocycles. The Kier molecular flexibility index (Phi) is 3.46. The summed E-state index contributed by atoms with van der Waals surface area (Å²) in [5, 5.41) is 9.02. The quantitative estimate of drug-likeness (QED) is 0.921. The molecule has 0 unspecified atom stereocenters. The van der Waals surface area contributed by atoms with Gasteiger partial charge in [-0.2, -0.15) is 0 Å².